The summed E-state index contributed by atoms with van der Waals surface area (Å²) in [5.74, 6) is 1.26. The highest BCUT2D eigenvalue weighted by Gasteiger charge is 2.25. The van der Waals surface area contributed by atoms with Crippen LogP contribution in [0, 0.1) is 0 Å². The largest absolute Gasteiger partial charge is 0.340 e. The fourth-order valence-electron chi connectivity index (χ4n) is 2.15. The van der Waals surface area contributed by atoms with E-state index in [0.717, 1.165) is 31.6 Å². The molecule has 0 aromatic carbocycles. The molecule has 1 rings (SSSR count). The number of carbonyl (C=O) groups is 1. The van der Waals surface area contributed by atoms with Crippen LogP contribution in [0.5, 0.6) is 0 Å². The van der Waals surface area contributed by atoms with Gasteiger partial charge in [-0.2, -0.15) is 11.8 Å². The minimum Gasteiger partial charge on any atom is -0.340 e. The molecule has 1 aliphatic rings. The van der Waals surface area contributed by atoms with E-state index < -0.39 is 0 Å². The first-order chi connectivity index (χ1) is 7.29. The molecule has 1 fully saturated rings. The molecule has 0 aromatic rings. The van der Waals surface area contributed by atoms with E-state index in [9.17, 15) is 4.79 Å². The molecule has 2 N–H and O–H groups in total. The first-order valence-electron chi connectivity index (χ1n) is 5.78. The summed E-state index contributed by atoms with van der Waals surface area (Å²) in [5.41, 5.74) is 5.58. The Bertz CT molecular complexity index is 197. The molecule has 4 heteroatoms. The van der Waals surface area contributed by atoms with Gasteiger partial charge in [0.15, 0.2) is 0 Å². The third-order valence-corrected chi connectivity index (χ3v) is 3.58. The monoisotopic (exact) mass is 230 g/mol. The molecular formula is C11H22N2OS. The highest BCUT2D eigenvalue weighted by Crippen LogP contribution is 2.20. The van der Waals surface area contributed by atoms with Crippen LogP contribution in [0.1, 0.15) is 32.1 Å². The van der Waals surface area contributed by atoms with Gasteiger partial charge < -0.3 is 10.6 Å². The van der Waals surface area contributed by atoms with E-state index >= 15 is 0 Å². The molecule has 88 valence electrons. The number of amides is 1. The van der Waals surface area contributed by atoms with Gasteiger partial charge in [-0.05, 0) is 38.5 Å². The summed E-state index contributed by atoms with van der Waals surface area (Å²) in [6.07, 6.45) is 7.24. The Morgan fingerprint density at radius 2 is 2.33 bits per heavy atom. The highest BCUT2D eigenvalue weighted by molar-refractivity contribution is 7.98. The lowest BCUT2D eigenvalue weighted by Crippen LogP contribution is -2.44. The molecule has 0 spiro atoms. The Hall–Kier alpha value is -0.220. The fraction of sp³-hybridized carbons (Fsp3) is 0.909. The number of rotatable bonds is 5. The molecule has 1 heterocycles. The number of carbonyl (C=O) groups excluding carboxylic acids is 1. The lowest BCUT2D eigenvalue weighted by Gasteiger charge is -2.35. The summed E-state index contributed by atoms with van der Waals surface area (Å²) < 4.78 is 0. The van der Waals surface area contributed by atoms with Crippen LogP contribution >= 0.6 is 11.8 Å². The van der Waals surface area contributed by atoms with Crippen LogP contribution in [0.3, 0.4) is 0 Å². The minimum atomic E-state index is 0.322. The number of hydrogen-bond donors (Lipinski definition) is 1. The molecule has 0 radical (unpaired) electrons. The molecule has 0 bridgehead atoms. The maximum Gasteiger partial charge on any atom is 0.223 e. The van der Waals surface area contributed by atoms with Crippen molar-refractivity contribution in [2.45, 2.75) is 38.1 Å². The van der Waals surface area contributed by atoms with E-state index in [4.69, 9.17) is 5.73 Å². The summed E-state index contributed by atoms with van der Waals surface area (Å²) in [4.78, 5) is 14.0. The van der Waals surface area contributed by atoms with Crippen LogP contribution in [0.2, 0.25) is 0 Å². The van der Waals surface area contributed by atoms with Crippen molar-refractivity contribution >= 4 is 17.7 Å². The number of piperidine rings is 1. The van der Waals surface area contributed by atoms with Gasteiger partial charge in [0.25, 0.3) is 0 Å². The van der Waals surface area contributed by atoms with Crippen molar-refractivity contribution in [3.63, 3.8) is 0 Å². The van der Waals surface area contributed by atoms with Crippen molar-refractivity contribution in [2.24, 2.45) is 5.73 Å². The Kier molecular flexibility index (Phi) is 6.10. The van der Waals surface area contributed by atoms with Crippen molar-refractivity contribution in [1.82, 2.24) is 4.90 Å². The SMILES string of the molecule is CSCCC(=O)N1CCCCC1CCN. The Morgan fingerprint density at radius 3 is 3.00 bits per heavy atom. The van der Waals surface area contributed by atoms with Crippen molar-refractivity contribution in [3.05, 3.63) is 0 Å². The van der Waals surface area contributed by atoms with Gasteiger partial charge in [-0.1, -0.05) is 0 Å². The quantitative estimate of drug-likeness (QED) is 0.778. The van der Waals surface area contributed by atoms with Gasteiger partial charge in [-0.15, -0.1) is 0 Å². The van der Waals surface area contributed by atoms with Crippen molar-refractivity contribution < 1.29 is 4.79 Å². The van der Waals surface area contributed by atoms with Crippen LogP contribution < -0.4 is 5.73 Å². The van der Waals surface area contributed by atoms with E-state index in [1.54, 1.807) is 11.8 Å². The molecule has 0 saturated carbocycles. The average molecular weight is 230 g/mol. The predicted octanol–water partition coefficient (Wildman–Crippen LogP) is 1.47. The summed E-state index contributed by atoms with van der Waals surface area (Å²) in [6, 6.07) is 0.415. The first-order valence-corrected chi connectivity index (χ1v) is 7.17. The normalized spacial score (nSPS) is 21.7. The lowest BCUT2D eigenvalue weighted by atomic mass is 9.99. The topological polar surface area (TPSA) is 46.3 Å². The Morgan fingerprint density at radius 1 is 1.53 bits per heavy atom. The summed E-state index contributed by atoms with van der Waals surface area (Å²) in [6.45, 7) is 1.63. The van der Waals surface area contributed by atoms with Crippen LogP contribution in [-0.4, -0.2) is 41.9 Å². The van der Waals surface area contributed by atoms with E-state index in [0.29, 0.717) is 24.9 Å². The van der Waals surface area contributed by atoms with E-state index in [2.05, 4.69) is 4.90 Å². The third kappa shape index (κ3) is 4.03. The number of nitrogens with two attached hydrogens (primary N) is 1. The molecule has 1 atom stereocenters. The van der Waals surface area contributed by atoms with Crippen molar-refractivity contribution in [1.29, 1.82) is 0 Å². The van der Waals surface area contributed by atoms with Gasteiger partial charge in [-0.3, -0.25) is 4.79 Å². The van der Waals surface area contributed by atoms with E-state index in [-0.39, 0.29) is 0 Å². The van der Waals surface area contributed by atoms with Gasteiger partial charge in [-0.25, -0.2) is 0 Å². The second-order valence-electron chi connectivity index (χ2n) is 4.06. The van der Waals surface area contributed by atoms with Crippen LogP contribution in [0.15, 0.2) is 0 Å². The molecule has 1 saturated heterocycles. The smallest absolute Gasteiger partial charge is 0.223 e. The fourth-order valence-corrected chi connectivity index (χ4v) is 2.53. The summed E-state index contributed by atoms with van der Waals surface area (Å²) in [7, 11) is 0. The molecule has 1 amide bonds. The van der Waals surface area contributed by atoms with E-state index in [1.807, 2.05) is 6.26 Å². The second kappa shape index (κ2) is 7.12. The average Bonchev–Trinajstić information content (AvgIpc) is 2.27. The Balaban J connectivity index is 2.43. The first kappa shape index (κ1) is 12.8. The molecular weight excluding hydrogens is 208 g/mol. The van der Waals surface area contributed by atoms with Crippen molar-refractivity contribution in [2.75, 3.05) is 25.1 Å². The summed E-state index contributed by atoms with van der Waals surface area (Å²) >= 11 is 1.74. The number of hydrogen-bond acceptors (Lipinski definition) is 3. The van der Waals surface area contributed by atoms with Gasteiger partial charge in [0.1, 0.15) is 0 Å². The van der Waals surface area contributed by atoms with E-state index in [1.165, 1.54) is 6.42 Å². The zero-order valence-corrected chi connectivity index (χ0v) is 10.4. The van der Waals surface area contributed by atoms with Gasteiger partial charge in [0, 0.05) is 24.8 Å². The molecule has 3 nitrogen and oxygen atoms in total. The standard InChI is InChI=1S/C11H22N2OS/c1-15-9-6-11(14)13-8-3-2-4-10(13)5-7-12/h10H,2-9,12H2,1H3. The number of nitrogens with zero attached hydrogens (tertiary/aromatic N) is 1. The number of thioether (sulfide) groups is 1. The highest BCUT2D eigenvalue weighted by atomic mass is 32.2. The maximum atomic E-state index is 11.9. The van der Waals surface area contributed by atoms with Gasteiger partial charge in [0.05, 0.1) is 0 Å². The van der Waals surface area contributed by atoms with Crippen LogP contribution in [-0.2, 0) is 4.79 Å². The Labute approximate surface area is 96.8 Å². The minimum absolute atomic E-state index is 0.322. The van der Waals surface area contributed by atoms with Crippen LogP contribution in [0.25, 0.3) is 0 Å². The molecule has 15 heavy (non-hydrogen) atoms. The van der Waals surface area contributed by atoms with Gasteiger partial charge in [0.2, 0.25) is 5.91 Å². The zero-order chi connectivity index (χ0) is 11.1. The molecule has 0 aliphatic carbocycles. The zero-order valence-electron chi connectivity index (χ0n) is 9.58. The van der Waals surface area contributed by atoms with Crippen LogP contribution in [0.4, 0.5) is 0 Å². The number of likely N-dealkylation sites (tertiary alicyclic amines) is 1. The third-order valence-electron chi connectivity index (χ3n) is 2.97. The summed E-state index contributed by atoms with van der Waals surface area (Å²) in [5, 5.41) is 0. The molecule has 1 aliphatic heterocycles. The molecule has 0 aromatic heterocycles. The molecule has 1 unspecified atom stereocenters. The van der Waals surface area contributed by atoms with Gasteiger partial charge >= 0.3 is 0 Å². The second-order valence-corrected chi connectivity index (χ2v) is 5.04. The maximum absolute atomic E-state index is 11.9. The lowest BCUT2D eigenvalue weighted by molar-refractivity contribution is -0.134. The van der Waals surface area contributed by atoms with Crippen molar-refractivity contribution in [3.8, 4) is 0 Å². The predicted molar refractivity (Wildman–Crippen MR) is 66.0 cm³/mol.